The average molecular weight is 308 g/mol. The molecular formula is C19H20N2O2. The molecule has 1 heterocycles. The van der Waals surface area contributed by atoms with E-state index in [0.29, 0.717) is 12.8 Å². The van der Waals surface area contributed by atoms with Gasteiger partial charge in [-0.15, -0.1) is 0 Å². The van der Waals surface area contributed by atoms with Crippen molar-refractivity contribution in [2.45, 2.75) is 32.1 Å². The number of amides is 2. The highest BCUT2D eigenvalue weighted by molar-refractivity contribution is 5.97. The molecule has 4 heteroatoms. The van der Waals surface area contributed by atoms with Crippen molar-refractivity contribution >= 4 is 23.2 Å². The predicted octanol–water partition coefficient (Wildman–Crippen LogP) is 3.70. The van der Waals surface area contributed by atoms with Crippen LogP contribution in [-0.4, -0.2) is 11.8 Å². The molecule has 0 radical (unpaired) electrons. The third-order valence-electron chi connectivity index (χ3n) is 4.19. The Morgan fingerprint density at radius 1 is 1.17 bits per heavy atom. The van der Waals surface area contributed by atoms with Crippen LogP contribution in [0.25, 0.3) is 0 Å². The molecule has 4 nitrogen and oxygen atoms in total. The van der Waals surface area contributed by atoms with Gasteiger partial charge in [0.05, 0.1) is 5.92 Å². The molecule has 0 spiro atoms. The van der Waals surface area contributed by atoms with Gasteiger partial charge in [0.25, 0.3) is 0 Å². The molecule has 1 unspecified atom stereocenters. The summed E-state index contributed by atoms with van der Waals surface area (Å²) in [4.78, 5) is 24.0. The monoisotopic (exact) mass is 308 g/mol. The molecule has 0 aromatic heterocycles. The molecule has 2 amide bonds. The minimum Gasteiger partial charge on any atom is -0.326 e. The topological polar surface area (TPSA) is 58.2 Å². The minimum atomic E-state index is -0.160. The first-order chi connectivity index (χ1) is 11.2. The Hall–Kier alpha value is -2.62. The lowest BCUT2D eigenvalue weighted by Gasteiger charge is -2.19. The molecule has 23 heavy (non-hydrogen) atoms. The molecule has 0 bridgehead atoms. The first kappa shape index (κ1) is 15.3. The van der Waals surface area contributed by atoms with Crippen molar-refractivity contribution in [2.24, 2.45) is 0 Å². The molecule has 2 N–H and O–H groups in total. The van der Waals surface area contributed by atoms with Crippen molar-refractivity contribution in [3.63, 3.8) is 0 Å². The number of fused-ring (bicyclic) bond motifs is 1. The van der Waals surface area contributed by atoms with Gasteiger partial charge in [-0.25, -0.2) is 0 Å². The molecule has 1 aliphatic rings. The number of aryl methyl sites for hydroxylation is 1. The second-order valence-electron chi connectivity index (χ2n) is 5.78. The predicted molar refractivity (Wildman–Crippen MR) is 91.5 cm³/mol. The minimum absolute atomic E-state index is 0.00139. The second-order valence-corrected chi connectivity index (χ2v) is 5.78. The first-order valence-corrected chi connectivity index (χ1v) is 7.96. The van der Waals surface area contributed by atoms with Crippen LogP contribution >= 0.6 is 0 Å². The highest BCUT2D eigenvalue weighted by Crippen LogP contribution is 2.27. The fraction of sp³-hybridized carbons (Fsp3) is 0.263. The summed E-state index contributed by atoms with van der Waals surface area (Å²) < 4.78 is 0. The number of benzene rings is 2. The van der Waals surface area contributed by atoms with Gasteiger partial charge in [0, 0.05) is 17.8 Å². The molecule has 0 fully saturated rings. The van der Waals surface area contributed by atoms with Crippen molar-refractivity contribution in [3.8, 4) is 0 Å². The molecule has 2 aromatic rings. The standard InChI is InChI=1S/C19H20N2O2/c1-2-16(13-6-4-3-5-7-13)19(23)20-15-9-10-17-14(12-15)8-11-18(22)21-17/h3-7,9-10,12,16H,2,8,11H2,1H3,(H,20,23)(H,21,22). The maximum Gasteiger partial charge on any atom is 0.231 e. The van der Waals surface area contributed by atoms with Gasteiger partial charge in [-0.3, -0.25) is 9.59 Å². The van der Waals surface area contributed by atoms with E-state index in [0.717, 1.165) is 28.9 Å². The molecule has 0 saturated heterocycles. The van der Waals surface area contributed by atoms with Crippen molar-refractivity contribution in [1.82, 2.24) is 0 Å². The van der Waals surface area contributed by atoms with E-state index in [1.54, 1.807) is 0 Å². The Labute approximate surface area is 135 Å². The zero-order valence-corrected chi connectivity index (χ0v) is 13.1. The Morgan fingerprint density at radius 3 is 2.70 bits per heavy atom. The van der Waals surface area contributed by atoms with Crippen LogP contribution in [0.3, 0.4) is 0 Å². The van der Waals surface area contributed by atoms with Crippen molar-refractivity contribution < 1.29 is 9.59 Å². The van der Waals surface area contributed by atoms with E-state index in [1.165, 1.54) is 0 Å². The van der Waals surface area contributed by atoms with Crippen LogP contribution in [0.1, 0.15) is 36.8 Å². The Balaban J connectivity index is 1.76. The van der Waals surface area contributed by atoms with Gasteiger partial charge >= 0.3 is 0 Å². The van der Waals surface area contributed by atoms with Gasteiger partial charge in [0.15, 0.2) is 0 Å². The summed E-state index contributed by atoms with van der Waals surface area (Å²) in [6.07, 6.45) is 1.95. The van der Waals surface area contributed by atoms with Crippen LogP contribution in [0, 0.1) is 0 Å². The maximum absolute atomic E-state index is 12.6. The highest BCUT2D eigenvalue weighted by atomic mass is 16.2. The van der Waals surface area contributed by atoms with Crippen LogP contribution in [-0.2, 0) is 16.0 Å². The van der Waals surface area contributed by atoms with Crippen molar-refractivity contribution in [3.05, 3.63) is 59.7 Å². The van der Waals surface area contributed by atoms with Gasteiger partial charge in [-0.1, -0.05) is 37.3 Å². The average Bonchev–Trinajstić information content (AvgIpc) is 2.56. The zero-order chi connectivity index (χ0) is 16.2. The van der Waals surface area contributed by atoms with E-state index in [9.17, 15) is 9.59 Å². The summed E-state index contributed by atoms with van der Waals surface area (Å²) in [7, 11) is 0. The summed E-state index contributed by atoms with van der Waals surface area (Å²) >= 11 is 0. The molecule has 2 aromatic carbocycles. The summed E-state index contributed by atoms with van der Waals surface area (Å²) in [5.74, 6) is -0.116. The van der Waals surface area contributed by atoms with Gasteiger partial charge in [0.1, 0.15) is 0 Å². The Morgan fingerprint density at radius 2 is 1.96 bits per heavy atom. The van der Waals surface area contributed by atoms with E-state index < -0.39 is 0 Å². The number of rotatable bonds is 4. The SMILES string of the molecule is CCC(C(=O)Nc1ccc2c(c1)CCC(=O)N2)c1ccccc1. The number of hydrogen-bond donors (Lipinski definition) is 2. The van der Waals surface area contributed by atoms with E-state index in [2.05, 4.69) is 10.6 Å². The van der Waals surface area contributed by atoms with Gasteiger partial charge in [-0.05, 0) is 42.2 Å². The normalized spacial score (nSPS) is 14.6. The lowest BCUT2D eigenvalue weighted by atomic mass is 9.95. The van der Waals surface area contributed by atoms with E-state index in [1.807, 2.05) is 55.5 Å². The molecule has 1 aliphatic heterocycles. The number of carbonyl (C=O) groups is 2. The summed E-state index contributed by atoms with van der Waals surface area (Å²) in [5.41, 5.74) is 3.71. The zero-order valence-electron chi connectivity index (χ0n) is 13.1. The summed E-state index contributed by atoms with van der Waals surface area (Å²) in [6.45, 7) is 2.01. The molecular weight excluding hydrogens is 288 g/mol. The van der Waals surface area contributed by atoms with Gasteiger partial charge in [0.2, 0.25) is 11.8 Å². The lowest BCUT2D eigenvalue weighted by molar-refractivity contribution is -0.118. The number of hydrogen-bond acceptors (Lipinski definition) is 2. The second kappa shape index (κ2) is 6.65. The van der Waals surface area contributed by atoms with Crippen LogP contribution in [0.4, 0.5) is 11.4 Å². The van der Waals surface area contributed by atoms with Crippen molar-refractivity contribution in [1.29, 1.82) is 0 Å². The van der Waals surface area contributed by atoms with Crippen LogP contribution in [0.15, 0.2) is 48.5 Å². The summed E-state index contributed by atoms with van der Waals surface area (Å²) in [6, 6.07) is 15.5. The number of anilines is 2. The highest BCUT2D eigenvalue weighted by Gasteiger charge is 2.20. The third-order valence-corrected chi connectivity index (χ3v) is 4.19. The van der Waals surface area contributed by atoms with Crippen LogP contribution in [0.5, 0.6) is 0 Å². The maximum atomic E-state index is 12.6. The first-order valence-electron chi connectivity index (χ1n) is 7.96. The fourth-order valence-corrected chi connectivity index (χ4v) is 2.95. The quantitative estimate of drug-likeness (QED) is 0.904. The third kappa shape index (κ3) is 3.42. The lowest BCUT2D eigenvalue weighted by Crippen LogP contribution is -2.22. The molecule has 118 valence electrons. The van der Waals surface area contributed by atoms with Crippen LogP contribution in [0.2, 0.25) is 0 Å². The molecule has 0 saturated carbocycles. The van der Waals surface area contributed by atoms with Gasteiger partial charge < -0.3 is 10.6 Å². The van der Waals surface area contributed by atoms with E-state index in [4.69, 9.17) is 0 Å². The summed E-state index contributed by atoms with van der Waals surface area (Å²) in [5, 5.41) is 5.85. The molecule has 0 aliphatic carbocycles. The number of nitrogens with one attached hydrogen (secondary N) is 2. The number of carbonyl (C=O) groups excluding carboxylic acids is 2. The fourth-order valence-electron chi connectivity index (χ4n) is 2.95. The van der Waals surface area contributed by atoms with Gasteiger partial charge in [-0.2, -0.15) is 0 Å². The molecule has 1 atom stereocenters. The van der Waals surface area contributed by atoms with Crippen LogP contribution < -0.4 is 10.6 Å². The van der Waals surface area contributed by atoms with E-state index in [-0.39, 0.29) is 17.7 Å². The van der Waals surface area contributed by atoms with Crippen molar-refractivity contribution in [2.75, 3.05) is 10.6 Å². The molecule has 3 rings (SSSR count). The smallest absolute Gasteiger partial charge is 0.231 e. The van der Waals surface area contributed by atoms with E-state index >= 15 is 0 Å². The Bertz CT molecular complexity index is 725. The largest absolute Gasteiger partial charge is 0.326 e. The Kier molecular flexibility index (Phi) is 4.42.